The van der Waals surface area contributed by atoms with Crippen molar-refractivity contribution in [3.8, 4) is 5.69 Å². The summed E-state index contributed by atoms with van der Waals surface area (Å²) in [7, 11) is 0. The molecule has 0 aliphatic heterocycles. The monoisotopic (exact) mass is 391 g/mol. The van der Waals surface area contributed by atoms with E-state index in [1.807, 2.05) is 24.3 Å². The lowest BCUT2D eigenvalue weighted by Gasteiger charge is -2.26. The van der Waals surface area contributed by atoms with Gasteiger partial charge in [-0.15, -0.1) is 5.10 Å². The number of hydrogen-bond acceptors (Lipinski definition) is 4. The van der Waals surface area contributed by atoms with Gasteiger partial charge in [-0.3, -0.25) is 9.78 Å². The van der Waals surface area contributed by atoms with Crippen molar-refractivity contribution in [3.63, 3.8) is 0 Å². The first-order valence-electron chi connectivity index (χ1n) is 9.80. The normalized spacial score (nSPS) is 12.1. The number of rotatable bonds is 4. The number of pyridine rings is 1. The summed E-state index contributed by atoms with van der Waals surface area (Å²) in [4.78, 5) is 17.0. The Morgan fingerprint density at radius 3 is 2.24 bits per heavy atom. The van der Waals surface area contributed by atoms with Crippen LogP contribution in [0.1, 0.15) is 68.7 Å². The molecular formula is C23H29N5O. The van der Waals surface area contributed by atoms with Gasteiger partial charge in [0.05, 0.1) is 24.6 Å². The molecule has 2 heterocycles. The van der Waals surface area contributed by atoms with Gasteiger partial charge in [0, 0.05) is 11.8 Å². The van der Waals surface area contributed by atoms with Gasteiger partial charge in [0.15, 0.2) is 0 Å². The molecule has 3 aromatic rings. The number of hydrogen-bond donors (Lipinski definition) is 1. The Hall–Kier alpha value is -3.02. The quantitative estimate of drug-likeness (QED) is 0.724. The van der Waals surface area contributed by atoms with Crippen LogP contribution in [0, 0.1) is 0 Å². The summed E-state index contributed by atoms with van der Waals surface area (Å²) in [6.07, 6.45) is 5.21. The molecule has 0 aliphatic rings. The molecule has 2 aromatic heterocycles. The highest BCUT2D eigenvalue weighted by Crippen LogP contribution is 2.30. The lowest BCUT2D eigenvalue weighted by molar-refractivity contribution is 0.0950. The first-order chi connectivity index (χ1) is 13.5. The minimum absolute atomic E-state index is 0.0390. The minimum Gasteiger partial charge on any atom is -0.346 e. The molecule has 1 aromatic carbocycles. The van der Waals surface area contributed by atoms with E-state index in [1.165, 1.54) is 0 Å². The number of aromatic nitrogens is 4. The molecule has 6 heteroatoms. The topological polar surface area (TPSA) is 72.7 Å². The van der Waals surface area contributed by atoms with Crippen LogP contribution in [0.3, 0.4) is 0 Å². The number of carbonyl (C=O) groups is 1. The molecule has 1 amide bonds. The standard InChI is InChI=1S/C23H29N5O/c1-22(2,3)17-10-16(11-18(12-17)23(4,5)6)21(29)25-13-19-15-28(27-26-19)20-8-7-9-24-14-20/h7-12,14-15H,13H2,1-6H3,(H,25,29). The van der Waals surface area contributed by atoms with Crippen LogP contribution in [0.25, 0.3) is 5.69 Å². The van der Waals surface area contributed by atoms with E-state index in [4.69, 9.17) is 0 Å². The lowest BCUT2D eigenvalue weighted by atomic mass is 9.79. The van der Waals surface area contributed by atoms with Crippen molar-refractivity contribution in [2.75, 3.05) is 0 Å². The van der Waals surface area contributed by atoms with E-state index in [9.17, 15) is 4.79 Å². The average molecular weight is 392 g/mol. The van der Waals surface area contributed by atoms with Crippen LogP contribution in [0.5, 0.6) is 0 Å². The molecule has 0 atom stereocenters. The highest BCUT2D eigenvalue weighted by Gasteiger charge is 2.22. The van der Waals surface area contributed by atoms with Gasteiger partial charge in [0.1, 0.15) is 5.69 Å². The molecule has 0 aliphatic carbocycles. The van der Waals surface area contributed by atoms with Crippen LogP contribution in [0.4, 0.5) is 0 Å². The summed E-state index contributed by atoms with van der Waals surface area (Å²) in [6, 6.07) is 9.91. The third-order valence-corrected chi connectivity index (χ3v) is 4.81. The van der Waals surface area contributed by atoms with Crippen LogP contribution < -0.4 is 5.32 Å². The molecule has 3 rings (SSSR count). The molecule has 0 saturated heterocycles. The third kappa shape index (κ3) is 5.08. The molecule has 0 bridgehead atoms. The minimum atomic E-state index is -0.113. The van der Waals surface area contributed by atoms with Crippen LogP contribution >= 0.6 is 0 Å². The maximum atomic E-state index is 12.9. The third-order valence-electron chi connectivity index (χ3n) is 4.81. The molecule has 152 valence electrons. The number of nitrogens with zero attached hydrogens (tertiary/aromatic N) is 4. The van der Waals surface area contributed by atoms with Gasteiger partial charge in [-0.05, 0) is 46.2 Å². The zero-order chi connectivity index (χ0) is 21.2. The maximum Gasteiger partial charge on any atom is 0.251 e. The molecule has 0 unspecified atom stereocenters. The van der Waals surface area contributed by atoms with E-state index in [0.29, 0.717) is 17.8 Å². The second-order valence-corrected chi connectivity index (χ2v) is 9.35. The van der Waals surface area contributed by atoms with Crippen molar-refractivity contribution < 1.29 is 4.79 Å². The van der Waals surface area contributed by atoms with E-state index in [2.05, 4.69) is 68.2 Å². The van der Waals surface area contributed by atoms with Gasteiger partial charge >= 0.3 is 0 Å². The summed E-state index contributed by atoms with van der Waals surface area (Å²) < 4.78 is 1.65. The van der Waals surface area contributed by atoms with Gasteiger partial charge in [-0.2, -0.15) is 0 Å². The van der Waals surface area contributed by atoms with Gasteiger partial charge in [0.25, 0.3) is 5.91 Å². The predicted molar refractivity (Wildman–Crippen MR) is 114 cm³/mol. The summed E-state index contributed by atoms with van der Waals surface area (Å²) in [5.74, 6) is -0.113. The van der Waals surface area contributed by atoms with Gasteiger partial charge in [-0.1, -0.05) is 52.8 Å². The van der Waals surface area contributed by atoms with Gasteiger partial charge < -0.3 is 5.32 Å². The SMILES string of the molecule is CC(C)(C)c1cc(C(=O)NCc2cn(-c3cccnc3)nn2)cc(C(C)(C)C)c1. The highest BCUT2D eigenvalue weighted by atomic mass is 16.1. The molecule has 29 heavy (non-hydrogen) atoms. The fourth-order valence-electron chi connectivity index (χ4n) is 2.89. The zero-order valence-corrected chi connectivity index (χ0v) is 18.0. The predicted octanol–water partition coefficient (Wildman–Crippen LogP) is 4.19. The fraction of sp³-hybridized carbons (Fsp3) is 0.391. The zero-order valence-electron chi connectivity index (χ0n) is 18.0. The van der Waals surface area contributed by atoms with Crippen LogP contribution in [0.15, 0.2) is 48.9 Å². The number of amides is 1. The molecule has 0 radical (unpaired) electrons. The van der Waals surface area contributed by atoms with Crippen LogP contribution in [0.2, 0.25) is 0 Å². The van der Waals surface area contributed by atoms with Crippen LogP contribution in [-0.2, 0) is 17.4 Å². The van der Waals surface area contributed by atoms with E-state index in [1.54, 1.807) is 23.3 Å². The number of nitrogens with one attached hydrogen (secondary N) is 1. The maximum absolute atomic E-state index is 12.9. The van der Waals surface area contributed by atoms with Crippen LogP contribution in [-0.4, -0.2) is 25.9 Å². The molecule has 6 nitrogen and oxygen atoms in total. The Morgan fingerprint density at radius 2 is 1.69 bits per heavy atom. The first-order valence-corrected chi connectivity index (χ1v) is 9.80. The summed E-state index contributed by atoms with van der Waals surface area (Å²) in [6.45, 7) is 13.3. The van der Waals surface area contributed by atoms with Crippen molar-refractivity contribution >= 4 is 5.91 Å². The Balaban J connectivity index is 1.78. The number of carbonyl (C=O) groups excluding carboxylic acids is 1. The highest BCUT2D eigenvalue weighted by molar-refractivity contribution is 5.94. The van der Waals surface area contributed by atoms with E-state index >= 15 is 0 Å². The largest absolute Gasteiger partial charge is 0.346 e. The van der Waals surface area contributed by atoms with Gasteiger partial charge in [0.2, 0.25) is 0 Å². The van der Waals surface area contributed by atoms with Crippen molar-refractivity contribution in [1.82, 2.24) is 25.3 Å². The fourth-order valence-corrected chi connectivity index (χ4v) is 2.89. The first kappa shape index (κ1) is 20.7. The summed E-state index contributed by atoms with van der Waals surface area (Å²) in [5, 5.41) is 11.2. The van der Waals surface area contributed by atoms with Crippen molar-refractivity contribution in [2.45, 2.75) is 58.9 Å². The molecule has 0 fully saturated rings. The molecule has 1 N–H and O–H groups in total. The Bertz CT molecular complexity index is 962. The molecular weight excluding hydrogens is 362 g/mol. The van der Waals surface area contributed by atoms with Crippen molar-refractivity contribution in [3.05, 3.63) is 71.3 Å². The van der Waals surface area contributed by atoms with E-state index in [0.717, 1.165) is 16.8 Å². The van der Waals surface area contributed by atoms with Gasteiger partial charge in [-0.25, -0.2) is 4.68 Å². The second kappa shape index (κ2) is 7.78. The summed E-state index contributed by atoms with van der Waals surface area (Å²) >= 11 is 0. The molecule has 0 spiro atoms. The Labute approximate surface area is 172 Å². The second-order valence-electron chi connectivity index (χ2n) is 9.35. The molecule has 0 saturated carbocycles. The van der Waals surface area contributed by atoms with Crippen molar-refractivity contribution in [2.24, 2.45) is 0 Å². The smallest absolute Gasteiger partial charge is 0.251 e. The summed E-state index contributed by atoms with van der Waals surface area (Å²) in [5.41, 5.74) is 4.40. The Morgan fingerprint density at radius 1 is 1.03 bits per heavy atom. The number of benzene rings is 1. The average Bonchev–Trinajstić information content (AvgIpc) is 3.14. The van der Waals surface area contributed by atoms with E-state index in [-0.39, 0.29) is 16.7 Å². The van der Waals surface area contributed by atoms with E-state index < -0.39 is 0 Å². The van der Waals surface area contributed by atoms with Crippen molar-refractivity contribution in [1.29, 1.82) is 0 Å². The lowest BCUT2D eigenvalue weighted by Crippen LogP contribution is -2.25. The Kier molecular flexibility index (Phi) is 5.55.